The van der Waals surface area contributed by atoms with Gasteiger partial charge in [-0.25, -0.2) is 4.98 Å². The van der Waals surface area contributed by atoms with Gasteiger partial charge in [0.1, 0.15) is 5.82 Å². The Morgan fingerprint density at radius 3 is 2.76 bits per heavy atom. The number of aliphatic imine (C=N–C) groups is 1. The van der Waals surface area contributed by atoms with Crippen molar-refractivity contribution >= 4 is 28.6 Å². The molecule has 0 aliphatic rings. The summed E-state index contributed by atoms with van der Waals surface area (Å²) in [6.07, 6.45) is 0.958. The molecule has 7 heteroatoms. The molecule has 3 aromatic rings. The van der Waals surface area contributed by atoms with E-state index >= 15 is 0 Å². The molecule has 0 saturated carbocycles. The van der Waals surface area contributed by atoms with Crippen LogP contribution in [0.15, 0.2) is 53.5 Å². The number of imidazole rings is 1. The topological polar surface area (TPSA) is 83.3 Å². The van der Waals surface area contributed by atoms with E-state index in [-0.39, 0.29) is 5.91 Å². The molecule has 1 amide bonds. The number of aryl methyl sites for hydroxylation is 2. The average molecular weight is 393 g/mol. The van der Waals surface area contributed by atoms with E-state index in [2.05, 4.69) is 36.6 Å². The lowest BCUT2D eigenvalue weighted by Gasteiger charge is -2.13. The van der Waals surface area contributed by atoms with E-state index in [0.29, 0.717) is 6.54 Å². The van der Waals surface area contributed by atoms with Crippen molar-refractivity contribution in [1.29, 1.82) is 0 Å². The Morgan fingerprint density at radius 1 is 1.14 bits per heavy atom. The molecule has 1 heterocycles. The fraction of sp³-hybridized carbons (Fsp3) is 0.318. The number of aromatic nitrogens is 2. The zero-order valence-electron chi connectivity index (χ0n) is 17.2. The second-order valence-electron chi connectivity index (χ2n) is 6.89. The number of hydrogen-bond donors (Lipinski definition) is 3. The third-order valence-corrected chi connectivity index (χ3v) is 4.63. The van der Waals surface area contributed by atoms with E-state index in [9.17, 15) is 4.79 Å². The Kier molecular flexibility index (Phi) is 6.84. The molecule has 0 atom stereocenters. The highest BCUT2D eigenvalue weighted by atomic mass is 16.1. The van der Waals surface area contributed by atoms with Crippen LogP contribution < -0.4 is 16.0 Å². The molecule has 29 heavy (non-hydrogen) atoms. The summed E-state index contributed by atoms with van der Waals surface area (Å²) in [4.78, 5) is 20.1. The minimum Gasteiger partial charge on any atom is -0.356 e. The second kappa shape index (κ2) is 9.73. The highest BCUT2D eigenvalue weighted by Gasteiger charge is 2.06. The minimum absolute atomic E-state index is 0.0755. The molecule has 0 aliphatic heterocycles. The molecular formula is C22H28N6O. The smallest absolute Gasteiger partial charge is 0.221 e. The molecular weight excluding hydrogens is 364 g/mol. The normalized spacial score (nSPS) is 11.5. The fourth-order valence-electron chi connectivity index (χ4n) is 3.29. The molecule has 0 bridgehead atoms. The number of nitrogens with one attached hydrogen (secondary N) is 3. The van der Waals surface area contributed by atoms with Gasteiger partial charge in [0.15, 0.2) is 5.96 Å². The van der Waals surface area contributed by atoms with E-state index in [1.165, 1.54) is 12.4 Å². The highest BCUT2D eigenvalue weighted by molar-refractivity contribution is 5.88. The van der Waals surface area contributed by atoms with E-state index < -0.39 is 0 Å². The van der Waals surface area contributed by atoms with E-state index in [0.717, 1.165) is 48.1 Å². The minimum atomic E-state index is -0.0755. The van der Waals surface area contributed by atoms with Gasteiger partial charge in [-0.15, -0.1) is 0 Å². The van der Waals surface area contributed by atoms with Crippen LogP contribution >= 0.6 is 0 Å². The molecule has 0 radical (unpaired) electrons. The van der Waals surface area contributed by atoms with Gasteiger partial charge in [-0.3, -0.25) is 9.79 Å². The van der Waals surface area contributed by atoms with Crippen LogP contribution in [-0.2, 0) is 17.9 Å². The molecule has 0 unspecified atom stereocenters. The molecule has 0 fully saturated rings. The number of fused-ring (bicyclic) bond motifs is 1. The first kappa shape index (κ1) is 20.4. The maximum atomic E-state index is 11.2. The lowest BCUT2D eigenvalue weighted by atomic mass is 10.2. The summed E-state index contributed by atoms with van der Waals surface area (Å²) in [7, 11) is 1.76. The van der Waals surface area contributed by atoms with Gasteiger partial charge in [-0.2, -0.15) is 0 Å². The first-order chi connectivity index (χ1) is 14.1. The van der Waals surface area contributed by atoms with Gasteiger partial charge in [-0.05, 0) is 43.2 Å². The number of carbonyl (C=O) groups is 1. The van der Waals surface area contributed by atoms with Crippen molar-refractivity contribution < 1.29 is 4.79 Å². The van der Waals surface area contributed by atoms with Crippen LogP contribution in [0.4, 0.5) is 5.69 Å². The van der Waals surface area contributed by atoms with Gasteiger partial charge < -0.3 is 20.5 Å². The summed E-state index contributed by atoms with van der Waals surface area (Å²) in [5.41, 5.74) is 4.07. The van der Waals surface area contributed by atoms with E-state index in [1.54, 1.807) is 7.05 Å². The molecule has 0 spiro atoms. The monoisotopic (exact) mass is 392 g/mol. The summed E-state index contributed by atoms with van der Waals surface area (Å²) < 4.78 is 2.25. The molecule has 7 nitrogen and oxygen atoms in total. The van der Waals surface area contributed by atoms with Crippen molar-refractivity contribution in [2.75, 3.05) is 18.9 Å². The zero-order chi connectivity index (χ0) is 20.6. The van der Waals surface area contributed by atoms with Crippen LogP contribution in [0.3, 0.4) is 0 Å². The van der Waals surface area contributed by atoms with Gasteiger partial charge >= 0.3 is 0 Å². The fourth-order valence-corrected chi connectivity index (χ4v) is 3.29. The van der Waals surface area contributed by atoms with E-state index in [1.807, 2.05) is 49.4 Å². The maximum Gasteiger partial charge on any atom is 0.221 e. The number of carbonyl (C=O) groups excluding carboxylic acids is 1. The number of guanidine groups is 1. The van der Waals surface area contributed by atoms with Crippen molar-refractivity contribution in [2.24, 2.45) is 4.99 Å². The lowest BCUT2D eigenvalue weighted by Crippen LogP contribution is -2.37. The zero-order valence-corrected chi connectivity index (χ0v) is 17.2. The molecule has 3 rings (SSSR count). The van der Waals surface area contributed by atoms with Crippen molar-refractivity contribution in [3.63, 3.8) is 0 Å². The molecule has 3 N–H and O–H groups in total. The molecule has 2 aromatic carbocycles. The van der Waals surface area contributed by atoms with Crippen LogP contribution in [-0.4, -0.2) is 35.0 Å². The second-order valence-corrected chi connectivity index (χ2v) is 6.89. The first-order valence-corrected chi connectivity index (χ1v) is 9.79. The molecule has 0 saturated heterocycles. The maximum absolute atomic E-state index is 11.2. The van der Waals surface area contributed by atoms with Gasteiger partial charge in [0.05, 0.1) is 11.0 Å². The Balaban J connectivity index is 1.47. The Labute approximate surface area is 171 Å². The number of hydrogen-bond acceptors (Lipinski definition) is 3. The molecule has 1 aromatic heterocycles. The Morgan fingerprint density at radius 2 is 1.97 bits per heavy atom. The third kappa shape index (κ3) is 5.57. The van der Waals surface area contributed by atoms with Crippen molar-refractivity contribution in [2.45, 2.75) is 33.4 Å². The largest absolute Gasteiger partial charge is 0.356 e. The molecule has 152 valence electrons. The predicted octanol–water partition coefficient (Wildman–Crippen LogP) is 3.06. The van der Waals surface area contributed by atoms with Crippen LogP contribution in [0.1, 0.15) is 24.7 Å². The number of benzene rings is 2. The summed E-state index contributed by atoms with van der Waals surface area (Å²) in [6.45, 7) is 5.87. The van der Waals surface area contributed by atoms with Gasteiger partial charge in [0.25, 0.3) is 0 Å². The van der Waals surface area contributed by atoms with Crippen LogP contribution in [0.2, 0.25) is 0 Å². The highest BCUT2D eigenvalue weighted by Crippen LogP contribution is 2.15. The number of amides is 1. The number of para-hydroxylation sites is 2. The lowest BCUT2D eigenvalue weighted by molar-refractivity contribution is -0.114. The van der Waals surface area contributed by atoms with Crippen molar-refractivity contribution in [3.05, 3.63) is 59.9 Å². The molecule has 0 aliphatic carbocycles. The summed E-state index contributed by atoms with van der Waals surface area (Å²) in [6, 6.07) is 16.0. The van der Waals surface area contributed by atoms with Crippen LogP contribution in [0.25, 0.3) is 11.0 Å². The SMILES string of the molecule is CN=C(NCCCn1c(C)nc2ccccc21)NCc1cccc(NC(C)=O)c1. The first-order valence-electron chi connectivity index (χ1n) is 9.79. The van der Waals surface area contributed by atoms with E-state index in [4.69, 9.17) is 0 Å². The average Bonchev–Trinajstić information content (AvgIpc) is 3.02. The van der Waals surface area contributed by atoms with Crippen LogP contribution in [0, 0.1) is 6.92 Å². The number of nitrogens with zero attached hydrogens (tertiary/aromatic N) is 3. The summed E-state index contributed by atoms with van der Waals surface area (Å²) in [5, 5.41) is 9.46. The Bertz CT molecular complexity index is 1010. The standard InChI is InChI=1S/C22H28N6O/c1-16-26-20-10-4-5-11-21(20)28(16)13-7-12-24-22(23-3)25-15-18-8-6-9-19(14-18)27-17(2)29/h4-6,8-11,14H,7,12-13,15H2,1-3H3,(H,27,29)(H2,23,24,25). The van der Waals surface area contributed by atoms with Crippen molar-refractivity contribution in [3.8, 4) is 0 Å². The van der Waals surface area contributed by atoms with Gasteiger partial charge in [0.2, 0.25) is 5.91 Å². The van der Waals surface area contributed by atoms with Gasteiger partial charge in [0, 0.05) is 39.3 Å². The predicted molar refractivity (Wildman–Crippen MR) is 118 cm³/mol. The number of rotatable bonds is 7. The van der Waals surface area contributed by atoms with Crippen molar-refractivity contribution in [1.82, 2.24) is 20.2 Å². The Hall–Kier alpha value is -3.35. The third-order valence-electron chi connectivity index (χ3n) is 4.63. The number of anilines is 1. The van der Waals surface area contributed by atoms with Crippen LogP contribution in [0.5, 0.6) is 0 Å². The quantitative estimate of drug-likeness (QED) is 0.328. The van der Waals surface area contributed by atoms with Gasteiger partial charge in [-0.1, -0.05) is 24.3 Å². The summed E-state index contributed by atoms with van der Waals surface area (Å²) >= 11 is 0. The summed E-state index contributed by atoms with van der Waals surface area (Å²) in [5.74, 6) is 1.71.